The van der Waals surface area contributed by atoms with E-state index in [1.165, 1.54) is 11.0 Å². The van der Waals surface area contributed by atoms with Gasteiger partial charge in [-0.2, -0.15) is 0 Å². The SMILES string of the molecule is COc1ccc([C@@]23CC[C@@H](NC(=O)Nc4ccc5c(c4)S(O)(O)C=C5)C[C@@H]2N(C)CC3)cc1OC. The second-order valence-electron chi connectivity index (χ2n) is 9.69. The highest BCUT2D eigenvalue weighted by Gasteiger charge is 2.50. The molecule has 2 aromatic rings. The normalized spacial score (nSPS) is 27.6. The number of hydrogen-bond donors (Lipinski definition) is 4. The summed E-state index contributed by atoms with van der Waals surface area (Å²) in [6, 6.07) is 11.5. The van der Waals surface area contributed by atoms with E-state index < -0.39 is 10.6 Å². The van der Waals surface area contributed by atoms with Crippen molar-refractivity contribution < 1.29 is 23.4 Å². The lowest BCUT2D eigenvalue weighted by Crippen LogP contribution is -2.52. The Morgan fingerprint density at radius 3 is 2.69 bits per heavy atom. The maximum absolute atomic E-state index is 12.8. The molecule has 2 aliphatic heterocycles. The Kier molecular flexibility index (Phi) is 6.21. The van der Waals surface area contributed by atoms with Gasteiger partial charge in [-0.25, -0.2) is 4.79 Å². The zero-order valence-electron chi connectivity index (χ0n) is 20.3. The number of nitrogens with one attached hydrogen (secondary N) is 2. The molecule has 35 heavy (non-hydrogen) atoms. The van der Waals surface area contributed by atoms with Crippen molar-refractivity contribution in [3.8, 4) is 11.5 Å². The van der Waals surface area contributed by atoms with Gasteiger partial charge in [-0.3, -0.25) is 9.11 Å². The monoisotopic (exact) mass is 499 g/mol. The van der Waals surface area contributed by atoms with Gasteiger partial charge in [-0.1, -0.05) is 12.1 Å². The van der Waals surface area contributed by atoms with E-state index in [1.807, 2.05) is 6.07 Å². The second kappa shape index (κ2) is 9.05. The summed E-state index contributed by atoms with van der Waals surface area (Å²) >= 11 is 0. The highest BCUT2D eigenvalue weighted by molar-refractivity contribution is 8.27. The molecule has 0 radical (unpaired) electrons. The number of benzene rings is 2. The molecule has 1 saturated carbocycles. The fraction of sp³-hybridized carbons (Fsp3) is 0.423. The molecule has 3 atom stereocenters. The van der Waals surface area contributed by atoms with Gasteiger partial charge in [0, 0.05) is 28.6 Å². The number of carbonyl (C=O) groups excluding carboxylic acids is 1. The minimum Gasteiger partial charge on any atom is -0.493 e. The Morgan fingerprint density at radius 2 is 1.91 bits per heavy atom. The van der Waals surface area contributed by atoms with Gasteiger partial charge in [0.25, 0.3) is 0 Å². The summed E-state index contributed by atoms with van der Waals surface area (Å²) in [5.74, 6) is 1.47. The molecule has 2 heterocycles. The topological polar surface area (TPSA) is 103 Å². The predicted octanol–water partition coefficient (Wildman–Crippen LogP) is 5.11. The van der Waals surface area contributed by atoms with E-state index in [0.717, 1.165) is 49.3 Å². The van der Waals surface area contributed by atoms with Crippen molar-refractivity contribution in [3.63, 3.8) is 0 Å². The van der Waals surface area contributed by atoms with Crippen LogP contribution in [0.2, 0.25) is 0 Å². The van der Waals surface area contributed by atoms with Crippen LogP contribution in [0.3, 0.4) is 0 Å². The Balaban J connectivity index is 1.28. The van der Waals surface area contributed by atoms with Crippen LogP contribution >= 0.6 is 10.6 Å². The first-order chi connectivity index (χ1) is 16.8. The second-order valence-corrected chi connectivity index (χ2v) is 11.6. The molecule has 0 aromatic heterocycles. The van der Waals surface area contributed by atoms with E-state index in [4.69, 9.17) is 9.47 Å². The Labute approximate surface area is 207 Å². The van der Waals surface area contributed by atoms with Crippen molar-refractivity contribution in [3.05, 3.63) is 52.9 Å². The molecule has 188 valence electrons. The molecule has 4 N–H and O–H groups in total. The molecule has 0 bridgehead atoms. The van der Waals surface area contributed by atoms with E-state index >= 15 is 0 Å². The van der Waals surface area contributed by atoms with Crippen LogP contribution in [-0.4, -0.2) is 59.9 Å². The molecule has 8 nitrogen and oxygen atoms in total. The standard InChI is InChI=1S/C26H33N3O5S/c1-29-12-11-26(18-5-7-21(33-2)22(14-18)34-3)10-8-20(16-24(26)29)28-25(30)27-19-6-4-17-9-13-35(31,32)23(17)15-19/h4-7,9,13-15,20,24,31-32H,8,10-12,16H2,1-3H3,(H2,27,28,30)/t20-,24+,26+/m1/s1. The van der Waals surface area contributed by atoms with E-state index in [0.29, 0.717) is 16.6 Å². The van der Waals surface area contributed by atoms with Crippen LogP contribution in [0.25, 0.3) is 6.08 Å². The molecule has 1 aliphatic carbocycles. The van der Waals surface area contributed by atoms with Gasteiger partial charge in [0.1, 0.15) is 0 Å². The van der Waals surface area contributed by atoms with Crippen molar-refractivity contribution >= 4 is 28.4 Å². The quantitative estimate of drug-likeness (QED) is 0.456. The molecule has 2 fully saturated rings. The lowest BCUT2D eigenvalue weighted by Gasteiger charge is -2.45. The van der Waals surface area contributed by atoms with Gasteiger partial charge in [0.2, 0.25) is 0 Å². The third-order valence-corrected chi connectivity index (χ3v) is 9.37. The van der Waals surface area contributed by atoms with Crippen LogP contribution in [0.1, 0.15) is 36.8 Å². The molecular weight excluding hydrogens is 466 g/mol. The molecular formula is C26H33N3O5S. The Bertz CT molecular complexity index is 1170. The van der Waals surface area contributed by atoms with Gasteiger partial charge >= 0.3 is 6.03 Å². The van der Waals surface area contributed by atoms with Crippen molar-refractivity contribution in [2.45, 2.75) is 48.1 Å². The summed E-state index contributed by atoms with van der Waals surface area (Å²) in [4.78, 5) is 15.7. The van der Waals surface area contributed by atoms with Gasteiger partial charge in [0.05, 0.1) is 19.1 Å². The molecule has 9 heteroatoms. The Morgan fingerprint density at radius 1 is 1.11 bits per heavy atom. The number of anilines is 1. The molecule has 1 saturated heterocycles. The average Bonchev–Trinajstić information content (AvgIpc) is 3.35. The van der Waals surface area contributed by atoms with E-state index in [-0.39, 0.29) is 17.5 Å². The first-order valence-electron chi connectivity index (χ1n) is 11.9. The highest BCUT2D eigenvalue weighted by Crippen LogP contribution is 2.56. The predicted molar refractivity (Wildman–Crippen MR) is 139 cm³/mol. The number of rotatable bonds is 5. The van der Waals surface area contributed by atoms with E-state index in [2.05, 4.69) is 34.7 Å². The van der Waals surface area contributed by atoms with Crippen LogP contribution in [-0.2, 0) is 5.41 Å². The third-order valence-electron chi connectivity index (χ3n) is 7.85. The maximum Gasteiger partial charge on any atom is 0.319 e. The van der Waals surface area contributed by atoms with Gasteiger partial charge in [-0.05, 0) is 80.7 Å². The number of carbonyl (C=O) groups is 1. The van der Waals surface area contributed by atoms with E-state index in [9.17, 15) is 13.9 Å². The first kappa shape index (κ1) is 24.0. The van der Waals surface area contributed by atoms with Crippen molar-refractivity contribution in [1.82, 2.24) is 10.2 Å². The van der Waals surface area contributed by atoms with Gasteiger partial charge in [0.15, 0.2) is 11.5 Å². The first-order valence-corrected chi connectivity index (χ1v) is 13.5. The maximum atomic E-state index is 12.8. The van der Waals surface area contributed by atoms with Crippen LogP contribution in [0.5, 0.6) is 11.5 Å². The van der Waals surface area contributed by atoms with E-state index in [1.54, 1.807) is 38.5 Å². The molecule has 0 spiro atoms. The van der Waals surface area contributed by atoms with Gasteiger partial charge < -0.3 is 25.0 Å². The lowest BCUT2D eigenvalue weighted by molar-refractivity contribution is 0.156. The molecule has 2 amide bonds. The number of fused-ring (bicyclic) bond motifs is 2. The van der Waals surface area contributed by atoms with Crippen molar-refractivity contribution in [1.29, 1.82) is 0 Å². The molecule has 5 rings (SSSR count). The molecule has 3 aliphatic rings. The number of urea groups is 1. The number of nitrogens with zero attached hydrogens (tertiary/aromatic N) is 1. The summed E-state index contributed by atoms with van der Waals surface area (Å²) in [5.41, 5.74) is 2.58. The number of amides is 2. The average molecular weight is 500 g/mol. The van der Waals surface area contributed by atoms with Crippen molar-refractivity contribution in [2.24, 2.45) is 0 Å². The molecule has 0 unspecified atom stereocenters. The Hall–Kier alpha value is -2.72. The minimum atomic E-state index is -2.92. The largest absolute Gasteiger partial charge is 0.493 e. The molecule has 2 aromatic carbocycles. The third kappa shape index (κ3) is 4.27. The zero-order valence-corrected chi connectivity index (χ0v) is 21.1. The van der Waals surface area contributed by atoms with Crippen LogP contribution in [0.15, 0.2) is 46.7 Å². The fourth-order valence-electron chi connectivity index (χ4n) is 6.00. The summed E-state index contributed by atoms with van der Waals surface area (Å²) in [7, 11) is 2.55. The number of hydrogen-bond acceptors (Lipinski definition) is 6. The number of ether oxygens (including phenoxy) is 2. The van der Waals surface area contributed by atoms with Crippen LogP contribution < -0.4 is 20.1 Å². The minimum absolute atomic E-state index is 0.0182. The summed E-state index contributed by atoms with van der Waals surface area (Å²) in [6.07, 6.45) is 5.46. The summed E-state index contributed by atoms with van der Waals surface area (Å²) in [6.45, 7) is 1.01. The number of methoxy groups -OCH3 is 2. The van der Waals surface area contributed by atoms with Crippen molar-refractivity contribution in [2.75, 3.05) is 33.1 Å². The summed E-state index contributed by atoms with van der Waals surface area (Å²) in [5, 5.41) is 7.42. The zero-order chi connectivity index (χ0) is 24.8. The van der Waals surface area contributed by atoms with Crippen LogP contribution in [0, 0.1) is 0 Å². The number of likely N-dealkylation sites (N-methyl/N-ethyl adjacent to an activating group) is 1. The van der Waals surface area contributed by atoms with Gasteiger partial charge in [-0.15, -0.1) is 10.6 Å². The fourth-order valence-corrected chi connectivity index (χ4v) is 7.26. The highest BCUT2D eigenvalue weighted by atomic mass is 32.3. The number of likely N-dealkylation sites (tertiary alicyclic amines) is 1. The van der Waals surface area contributed by atoms with Crippen LogP contribution in [0.4, 0.5) is 10.5 Å². The summed E-state index contributed by atoms with van der Waals surface area (Å²) < 4.78 is 31.3. The smallest absolute Gasteiger partial charge is 0.319 e. The lowest BCUT2D eigenvalue weighted by atomic mass is 9.65.